The molecular weight excluding hydrogens is 400 g/mol. The zero-order valence-corrected chi connectivity index (χ0v) is 17.9. The molecular formula is C26H24N4O2. The predicted molar refractivity (Wildman–Crippen MR) is 127 cm³/mol. The van der Waals surface area contributed by atoms with Gasteiger partial charge in [-0.2, -0.15) is 0 Å². The van der Waals surface area contributed by atoms with Gasteiger partial charge in [-0.25, -0.2) is 4.98 Å². The fraction of sp³-hybridized carbons (Fsp3) is 0.192. The monoisotopic (exact) mass is 424 g/mol. The summed E-state index contributed by atoms with van der Waals surface area (Å²) >= 11 is 0. The number of ether oxygens (including phenoxy) is 1. The number of para-hydroxylation sites is 1. The molecule has 0 spiro atoms. The molecule has 6 nitrogen and oxygen atoms in total. The van der Waals surface area contributed by atoms with Gasteiger partial charge in [0, 0.05) is 47.8 Å². The van der Waals surface area contributed by atoms with Crippen molar-refractivity contribution in [1.29, 1.82) is 0 Å². The molecule has 1 N–H and O–H groups in total. The molecule has 160 valence electrons. The number of aryl methyl sites for hydroxylation is 1. The summed E-state index contributed by atoms with van der Waals surface area (Å²) < 4.78 is 5.45. The maximum absolute atomic E-state index is 13.4. The number of carbonyl (C=O) groups excluding carboxylic acids is 1. The summed E-state index contributed by atoms with van der Waals surface area (Å²) in [7, 11) is 0. The highest BCUT2D eigenvalue weighted by atomic mass is 16.5. The molecule has 4 aromatic rings. The normalized spacial score (nSPS) is 13.8. The van der Waals surface area contributed by atoms with Crippen molar-refractivity contribution in [3.63, 3.8) is 0 Å². The molecule has 1 aliphatic rings. The molecule has 1 amide bonds. The quantitative estimate of drug-likeness (QED) is 0.515. The SMILES string of the molecule is Cc1cc(N2CCOCC2)ccc1NC(=O)c1cc(-c2cccnc2)nc2ccccc12. The molecule has 6 heteroatoms. The Balaban J connectivity index is 1.47. The number of hydrogen-bond donors (Lipinski definition) is 1. The molecule has 1 aliphatic heterocycles. The van der Waals surface area contributed by atoms with Crippen LogP contribution in [-0.2, 0) is 4.74 Å². The molecule has 0 unspecified atom stereocenters. The number of aromatic nitrogens is 2. The molecule has 2 aromatic carbocycles. The van der Waals surface area contributed by atoms with E-state index < -0.39 is 0 Å². The van der Waals surface area contributed by atoms with E-state index in [1.807, 2.05) is 55.5 Å². The molecule has 32 heavy (non-hydrogen) atoms. The van der Waals surface area contributed by atoms with Gasteiger partial charge in [0.15, 0.2) is 0 Å². The lowest BCUT2D eigenvalue weighted by Crippen LogP contribution is -2.36. The second-order valence-corrected chi connectivity index (χ2v) is 7.87. The number of benzene rings is 2. The van der Waals surface area contributed by atoms with E-state index in [0.717, 1.165) is 65.4 Å². The maximum atomic E-state index is 13.4. The van der Waals surface area contributed by atoms with E-state index in [-0.39, 0.29) is 5.91 Å². The molecule has 0 saturated carbocycles. The Morgan fingerprint density at radius 2 is 1.88 bits per heavy atom. The summed E-state index contributed by atoms with van der Waals surface area (Å²) in [5.74, 6) is -0.157. The minimum absolute atomic E-state index is 0.157. The number of amides is 1. The Bertz CT molecular complexity index is 1270. The average molecular weight is 425 g/mol. The number of carbonyl (C=O) groups is 1. The smallest absolute Gasteiger partial charge is 0.256 e. The number of nitrogens with one attached hydrogen (secondary N) is 1. The highest BCUT2D eigenvalue weighted by Crippen LogP contribution is 2.27. The van der Waals surface area contributed by atoms with E-state index in [4.69, 9.17) is 9.72 Å². The number of hydrogen-bond acceptors (Lipinski definition) is 5. The molecule has 0 radical (unpaired) electrons. The van der Waals surface area contributed by atoms with Crippen molar-refractivity contribution in [2.75, 3.05) is 36.5 Å². The lowest BCUT2D eigenvalue weighted by molar-refractivity contribution is 0.102. The van der Waals surface area contributed by atoms with Gasteiger partial charge < -0.3 is 15.0 Å². The van der Waals surface area contributed by atoms with Crippen LogP contribution in [0, 0.1) is 6.92 Å². The van der Waals surface area contributed by atoms with E-state index in [0.29, 0.717) is 5.56 Å². The third-order valence-electron chi connectivity index (χ3n) is 5.75. The second kappa shape index (κ2) is 8.77. The molecule has 0 atom stereocenters. The fourth-order valence-corrected chi connectivity index (χ4v) is 4.02. The van der Waals surface area contributed by atoms with Crippen LogP contribution in [0.25, 0.3) is 22.2 Å². The standard InChI is InChI=1S/C26H24N4O2/c1-18-15-20(30-11-13-32-14-12-30)8-9-23(18)29-26(31)22-16-25(19-5-4-10-27-17-19)28-24-7-3-2-6-21(22)24/h2-10,15-17H,11-14H2,1H3,(H,29,31). The highest BCUT2D eigenvalue weighted by Gasteiger charge is 2.16. The van der Waals surface area contributed by atoms with Crippen molar-refractivity contribution in [3.05, 3.63) is 84.2 Å². The van der Waals surface area contributed by atoms with Crippen molar-refractivity contribution in [2.24, 2.45) is 0 Å². The summed E-state index contributed by atoms with van der Waals surface area (Å²) in [5, 5.41) is 3.92. The Morgan fingerprint density at radius 1 is 1.03 bits per heavy atom. The van der Waals surface area contributed by atoms with Gasteiger partial charge in [-0.15, -0.1) is 0 Å². The van der Waals surface area contributed by atoms with Crippen LogP contribution in [0.15, 0.2) is 73.1 Å². The number of anilines is 2. The van der Waals surface area contributed by atoms with Gasteiger partial charge in [-0.05, 0) is 55.0 Å². The van der Waals surface area contributed by atoms with Crippen LogP contribution < -0.4 is 10.2 Å². The van der Waals surface area contributed by atoms with Crippen molar-refractivity contribution in [1.82, 2.24) is 9.97 Å². The van der Waals surface area contributed by atoms with Crippen LogP contribution in [0.5, 0.6) is 0 Å². The Labute approximate surface area is 186 Å². The van der Waals surface area contributed by atoms with Crippen LogP contribution in [-0.4, -0.2) is 42.2 Å². The first kappa shape index (κ1) is 20.2. The number of rotatable bonds is 4. The van der Waals surface area contributed by atoms with Crippen molar-refractivity contribution < 1.29 is 9.53 Å². The largest absolute Gasteiger partial charge is 0.378 e. The lowest BCUT2D eigenvalue weighted by Gasteiger charge is -2.29. The summed E-state index contributed by atoms with van der Waals surface area (Å²) in [4.78, 5) is 24.6. The first-order valence-corrected chi connectivity index (χ1v) is 10.7. The van der Waals surface area contributed by atoms with Crippen LogP contribution in [0.4, 0.5) is 11.4 Å². The summed E-state index contributed by atoms with van der Waals surface area (Å²) in [6, 6.07) is 19.5. The van der Waals surface area contributed by atoms with Crippen molar-refractivity contribution in [2.45, 2.75) is 6.92 Å². The number of nitrogens with zero attached hydrogens (tertiary/aromatic N) is 3. The zero-order chi connectivity index (χ0) is 21.9. The van der Waals surface area contributed by atoms with Gasteiger partial charge >= 0.3 is 0 Å². The van der Waals surface area contributed by atoms with Gasteiger partial charge in [-0.1, -0.05) is 18.2 Å². The zero-order valence-electron chi connectivity index (χ0n) is 17.9. The molecule has 1 saturated heterocycles. The maximum Gasteiger partial charge on any atom is 0.256 e. The Hall–Kier alpha value is -3.77. The summed E-state index contributed by atoms with van der Waals surface area (Å²) in [5.41, 5.74) is 5.94. The van der Waals surface area contributed by atoms with Gasteiger partial charge in [0.2, 0.25) is 0 Å². The molecule has 1 fully saturated rings. The van der Waals surface area contributed by atoms with E-state index in [2.05, 4.69) is 27.3 Å². The van der Waals surface area contributed by atoms with Gasteiger partial charge in [-0.3, -0.25) is 9.78 Å². The van der Waals surface area contributed by atoms with Gasteiger partial charge in [0.1, 0.15) is 0 Å². The van der Waals surface area contributed by atoms with Crippen LogP contribution in [0.2, 0.25) is 0 Å². The number of fused-ring (bicyclic) bond motifs is 1. The molecule has 0 bridgehead atoms. The summed E-state index contributed by atoms with van der Waals surface area (Å²) in [6.45, 7) is 5.26. The minimum Gasteiger partial charge on any atom is -0.378 e. The molecule has 5 rings (SSSR count). The third kappa shape index (κ3) is 4.05. The third-order valence-corrected chi connectivity index (χ3v) is 5.75. The van der Waals surface area contributed by atoms with Gasteiger partial charge in [0.05, 0.1) is 30.0 Å². The molecule has 0 aliphatic carbocycles. The highest BCUT2D eigenvalue weighted by molar-refractivity contribution is 6.13. The number of morpholine rings is 1. The van der Waals surface area contributed by atoms with Gasteiger partial charge in [0.25, 0.3) is 5.91 Å². The van der Waals surface area contributed by atoms with Crippen LogP contribution in [0.1, 0.15) is 15.9 Å². The van der Waals surface area contributed by atoms with E-state index in [1.165, 1.54) is 0 Å². The van der Waals surface area contributed by atoms with Crippen LogP contribution in [0.3, 0.4) is 0 Å². The van der Waals surface area contributed by atoms with E-state index >= 15 is 0 Å². The fourth-order valence-electron chi connectivity index (χ4n) is 4.02. The first-order valence-electron chi connectivity index (χ1n) is 10.7. The Morgan fingerprint density at radius 3 is 2.66 bits per heavy atom. The molecule has 3 heterocycles. The van der Waals surface area contributed by atoms with Crippen LogP contribution >= 0.6 is 0 Å². The first-order chi connectivity index (χ1) is 15.7. The van der Waals surface area contributed by atoms with Crippen molar-refractivity contribution >= 4 is 28.2 Å². The van der Waals surface area contributed by atoms with E-state index in [9.17, 15) is 4.79 Å². The predicted octanol–water partition coefficient (Wildman–Crippen LogP) is 4.69. The minimum atomic E-state index is -0.157. The number of pyridine rings is 2. The Kier molecular flexibility index (Phi) is 5.52. The lowest BCUT2D eigenvalue weighted by atomic mass is 10.0. The topological polar surface area (TPSA) is 67.3 Å². The molecule has 2 aromatic heterocycles. The van der Waals surface area contributed by atoms with E-state index in [1.54, 1.807) is 12.4 Å². The summed E-state index contributed by atoms with van der Waals surface area (Å²) in [6.07, 6.45) is 3.48. The average Bonchev–Trinajstić information content (AvgIpc) is 2.85. The van der Waals surface area contributed by atoms with Crippen molar-refractivity contribution in [3.8, 4) is 11.3 Å². The second-order valence-electron chi connectivity index (χ2n) is 7.87.